The molecular weight excluding hydrogens is 199 g/mol. The minimum absolute atomic E-state index is 0.174. The van der Waals surface area contributed by atoms with E-state index in [9.17, 15) is 4.39 Å². The first-order valence-electron chi connectivity index (χ1n) is 3.70. The van der Waals surface area contributed by atoms with Crippen molar-refractivity contribution in [3.8, 4) is 0 Å². The number of halogens is 1. The molecule has 0 radical (unpaired) electrons. The molecule has 0 bridgehead atoms. The van der Waals surface area contributed by atoms with Gasteiger partial charge in [-0.2, -0.15) is 0 Å². The zero-order chi connectivity index (χ0) is 8.27. The molecule has 0 aromatic heterocycles. The van der Waals surface area contributed by atoms with Crippen LogP contribution in [0.5, 0.6) is 0 Å². The molecular formula is C8H11FGaN. The molecule has 0 aliphatic heterocycles. The third kappa shape index (κ3) is 2.99. The van der Waals surface area contributed by atoms with E-state index in [1.165, 1.54) is 12.1 Å². The van der Waals surface area contributed by atoms with E-state index in [2.05, 4.69) is 15.0 Å². The van der Waals surface area contributed by atoms with Crippen LogP contribution in [0.1, 0.15) is 0 Å². The van der Waals surface area contributed by atoms with Gasteiger partial charge in [-0.3, -0.25) is 0 Å². The van der Waals surface area contributed by atoms with Gasteiger partial charge in [-0.05, 0) is 0 Å². The van der Waals surface area contributed by atoms with Gasteiger partial charge in [0.25, 0.3) is 0 Å². The van der Waals surface area contributed by atoms with E-state index in [4.69, 9.17) is 0 Å². The van der Waals surface area contributed by atoms with Crippen LogP contribution in [-0.2, 0) is 0 Å². The zero-order valence-electron chi connectivity index (χ0n) is 6.76. The molecule has 0 spiro atoms. The molecule has 1 aromatic carbocycles. The third-order valence-corrected chi connectivity index (χ3v) is 3.21. The fourth-order valence-electron chi connectivity index (χ4n) is 0.879. The molecule has 0 atom stereocenters. The number of anilines is 1. The summed E-state index contributed by atoms with van der Waals surface area (Å²) in [6.45, 7) is 0. The number of nitrogens with one attached hydrogen (secondary N) is 1. The van der Waals surface area contributed by atoms with Crippen LogP contribution in [-0.4, -0.2) is 16.5 Å². The number of hydrogen-bond donors (Lipinski definition) is 1. The first kappa shape index (κ1) is 8.68. The van der Waals surface area contributed by atoms with Crippen LogP contribution in [0.25, 0.3) is 0 Å². The van der Waals surface area contributed by atoms with E-state index in [0.717, 1.165) is 5.69 Å². The molecule has 3 heteroatoms. The van der Waals surface area contributed by atoms with Gasteiger partial charge in [-0.1, -0.05) is 0 Å². The molecule has 0 heterocycles. The van der Waals surface area contributed by atoms with Crippen LogP contribution in [0.2, 0.25) is 11.0 Å². The summed E-state index contributed by atoms with van der Waals surface area (Å²) < 4.78 is 15.8. The van der Waals surface area contributed by atoms with Crippen molar-refractivity contribution < 1.29 is 4.39 Å². The van der Waals surface area contributed by atoms with Crippen molar-refractivity contribution in [3.63, 3.8) is 0 Å². The molecule has 0 aliphatic rings. The summed E-state index contributed by atoms with van der Waals surface area (Å²) in [6.07, 6.45) is 0. The first-order valence-corrected chi connectivity index (χ1v) is 9.76. The van der Waals surface area contributed by atoms with Gasteiger partial charge in [0, 0.05) is 0 Å². The van der Waals surface area contributed by atoms with Crippen LogP contribution in [0.3, 0.4) is 0 Å². The summed E-state index contributed by atoms with van der Waals surface area (Å²) in [5.74, 6) is -0.174. The van der Waals surface area contributed by atoms with Gasteiger partial charge < -0.3 is 0 Å². The Morgan fingerprint density at radius 2 is 1.73 bits per heavy atom. The van der Waals surface area contributed by atoms with Crippen molar-refractivity contribution in [1.29, 1.82) is 0 Å². The minimum atomic E-state index is -1.20. The van der Waals surface area contributed by atoms with E-state index < -0.39 is 16.5 Å². The predicted molar refractivity (Wildman–Crippen MR) is 47.5 cm³/mol. The summed E-state index contributed by atoms with van der Waals surface area (Å²) in [4.78, 5) is 0. The van der Waals surface area contributed by atoms with E-state index >= 15 is 0 Å². The molecule has 1 nitrogen and oxygen atoms in total. The Hall–Kier alpha value is -0.414. The average Bonchev–Trinajstić information content (AvgIpc) is 1.93. The molecule has 58 valence electrons. The van der Waals surface area contributed by atoms with E-state index in [1.807, 2.05) is 0 Å². The number of benzene rings is 1. The summed E-state index contributed by atoms with van der Waals surface area (Å²) in [5, 5.41) is 0. The van der Waals surface area contributed by atoms with Crippen molar-refractivity contribution in [1.82, 2.24) is 0 Å². The summed E-state index contributed by atoms with van der Waals surface area (Å²) in [5.41, 5.74) is 5.51. The second-order valence-electron chi connectivity index (χ2n) is 2.81. The van der Waals surface area contributed by atoms with Gasteiger partial charge in [-0.25, -0.2) is 0 Å². The predicted octanol–water partition coefficient (Wildman–Crippen LogP) is 2.49. The summed E-state index contributed by atoms with van der Waals surface area (Å²) in [6, 6.07) is 6.51. The molecule has 1 N–H and O–H groups in total. The number of hydrogen-bond acceptors (Lipinski definition) is 1. The molecule has 0 aliphatic carbocycles. The van der Waals surface area contributed by atoms with Crippen LogP contribution >= 0.6 is 0 Å². The molecule has 1 aromatic rings. The van der Waals surface area contributed by atoms with E-state index in [-0.39, 0.29) is 5.82 Å². The molecule has 1 rings (SSSR count). The van der Waals surface area contributed by atoms with Gasteiger partial charge in [0.1, 0.15) is 0 Å². The van der Waals surface area contributed by atoms with Crippen LogP contribution < -0.4 is 4.02 Å². The topological polar surface area (TPSA) is 12.0 Å². The molecule has 0 amide bonds. The number of rotatable bonds is 2. The van der Waals surface area contributed by atoms with Crippen molar-refractivity contribution in [2.45, 2.75) is 11.0 Å². The normalized spacial score (nSPS) is 9.36. The Kier molecular flexibility index (Phi) is 3.02. The maximum atomic E-state index is 12.4. The molecule has 0 fully saturated rings. The maximum absolute atomic E-state index is 12.4. The average molecular weight is 210 g/mol. The zero-order valence-corrected chi connectivity index (χ0v) is 9.19. The second-order valence-corrected chi connectivity index (χ2v) is 8.26. The van der Waals surface area contributed by atoms with Gasteiger partial charge in [0.15, 0.2) is 0 Å². The Balaban J connectivity index is 2.66. The Labute approximate surface area is 71.9 Å². The standard InChI is InChI=1S/C6H5FN.2CH3.Ga/c7-5-1-3-6(8)4-2-5;;;/h1-4,8H;2*1H3;/q-1;;;+1. The molecule has 0 saturated carbocycles. The summed E-state index contributed by atoms with van der Waals surface area (Å²) in [7, 11) is 0. The van der Waals surface area contributed by atoms with Crippen LogP contribution in [0.15, 0.2) is 24.3 Å². The first-order chi connectivity index (χ1) is 5.18. The summed E-state index contributed by atoms with van der Waals surface area (Å²) >= 11 is -1.20. The van der Waals surface area contributed by atoms with E-state index in [0.29, 0.717) is 0 Å². The van der Waals surface area contributed by atoms with Gasteiger partial charge >= 0.3 is 71.6 Å². The Bertz CT molecular complexity index is 220. The van der Waals surface area contributed by atoms with Gasteiger partial charge in [-0.15, -0.1) is 0 Å². The fourth-order valence-corrected chi connectivity index (χ4v) is 2.68. The van der Waals surface area contributed by atoms with Gasteiger partial charge in [0.2, 0.25) is 0 Å². The van der Waals surface area contributed by atoms with Crippen LogP contribution in [0, 0.1) is 5.82 Å². The van der Waals surface area contributed by atoms with Crippen molar-refractivity contribution in [3.05, 3.63) is 30.1 Å². The van der Waals surface area contributed by atoms with Crippen molar-refractivity contribution in [2.75, 3.05) is 4.02 Å². The van der Waals surface area contributed by atoms with Crippen LogP contribution in [0.4, 0.5) is 10.1 Å². The van der Waals surface area contributed by atoms with Crippen molar-refractivity contribution >= 4 is 22.1 Å². The second kappa shape index (κ2) is 3.83. The fraction of sp³-hybridized carbons (Fsp3) is 0.250. The van der Waals surface area contributed by atoms with E-state index in [1.54, 1.807) is 12.1 Å². The quantitative estimate of drug-likeness (QED) is 0.739. The molecule has 0 saturated heterocycles. The molecule has 0 unspecified atom stereocenters. The molecule has 11 heavy (non-hydrogen) atoms. The Morgan fingerprint density at radius 1 is 1.18 bits per heavy atom. The van der Waals surface area contributed by atoms with Gasteiger partial charge in [0.05, 0.1) is 0 Å². The third-order valence-electron chi connectivity index (χ3n) is 1.30. The van der Waals surface area contributed by atoms with Crippen molar-refractivity contribution in [2.24, 2.45) is 0 Å². The monoisotopic (exact) mass is 209 g/mol. The SMILES string of the molecule is [CH3][Ga]([CH3])[NH]c1ccc(F)cc1. The Morgan fingerprint density at radius 3 is 2.18 bits per heavy atom.